The Morgan fingerprint density at radius 1 is 1.37 bits per heavy atom. The van der Waals surface area contributed by atoms with Crippen LogP contribution < -0.4 is 0 Å². The van der Waals surface area contributed by atoms with Crippen molar-refractivity contribution in [2.24, 2.45) is 28.6 Å². The van der Waals surface area contributed by atoms with Crippen molar-refractivity contribution in [1.29, 1.82) is 0 Å². The molecule has 19 heavy (non-hydrogen) atoms. The number of hydrogen-bond acceptors (Lipinski definition) is 3. The van der Waals surface area contributed by atoms with E-state index in [1.807, 2.05) is 6.92 Å². The summed E-state index contributed by atoms with van der Waals surface area (Å²) < 4.78 is 5.04. The highest BCUT2D eigenvalue weighted by Gasteiger charge is 2.73. The summed E-state index contributed by atoms with van der Waals surface area (Å²) in [6, 6.07) is 0. The van der Waals surface area contributed by atoms with Gasteiger partial charge in [0, 0.05) is 18.3 Å². The van der Waals surface area contributed by atoms with Gasteiger partial charge in [-0.2, -0.15) is 0 Å². The number of carbonyl (C=O) groups is 2. The monoisotopic (exact) mass is 262 g/mol. The predicted molar refractivity (Wildman–Crippen MR) is 71.3 cm³/mol. The molecule has 0 aromatic rings. The van der Waals surface area contributed by atoms with Crippen LogP contribution in [0.1, 0.15) is 39.5 Å². The summed E-state index contributed by atoms with van der Waals surface area (Å²) in [6.07, 6.45) is 3.26. The molecule has 3 heteroatoms. The van der Waals surface area contributed by atoms with E-state index >= 15 is 0 Å². The molecule has 0 spiro atoms. The Morgan fingerprint density at radius 2 is 2.05 bits per heavy atom. The predicted octanol–water partition coefficient (Wildman–Crippen LogP) is 2.75. The average molecular weight is 262 g/mol. The summed E-state index contributed by atoms with van der Waals surface area (Å²) in [5.74, 6) is 0.706. The molecule has 4 bridgehead atoms. The highest BCUT2D eigenvalue weighted by Crippen LogP contribution is 2.75. The number of ether oxygens (including phenoxy) is 1. The standard InChI is InChI=1S/C16H22O3/c1-9(2)16-8-10(17)7-15(3)12(16)6-5-11(16)13(15)14(18)19-4/h11-13H,1,5-8H2,2-4H3/t11-,12+,13-,15+,16+/m1/s1. The molecule has 0 aliphatic heterocycles. The van der Waals surface area contributed by atoms with Gasteiger partial charge in [-0.05, 0) is 37.0 Å². The first-order valence-corrected chi connectivity index (χ1v) is 7.13. The Balaban J connectivity index is 2.16. The van der Waals surface area contributed by atoms with Crippen LogP contribution in [-0.2, 0) is 14.3 Å². The van der Waals surface area contributed by atoms with E-state index < -0.39 is 0 Å². The quantitative estimate of drug-likeness (QED) is 0.567. The molecule has 0 heterocycles. The Labute approximate surface area is 114 Å². The summed E-state index contributed by atoms with van der Waals surface area (Å²) in [5.41, 5.74) is 0.735. The third-order valence-electron chi connectivity index (χ3n) is 6.28. The zero-order valence-electron chi connectivity index (χ0n) is 12.0. The molecule has 0 unspecified atom stereocenters. The molecule has 0 amide bonds. The first-order chi connectivity index (χ1) is 8.87. The van der Waals surface area contributed by atoms with Gasteiger partial charge in [0.05, 0.1) is 13.0 Å². The van der Waals surface area contributed by atoms with Crippen LogP contribution in [0.3, 0.4) is 0 Å². The topological polar surface area (TPSA) is 43.4 Å². The van der Waals surface area contributed by atoms with E-state index in [0.717, 1.165) is 18.4 Å². The number of allylic oxidation sites excluding steroid dienone is 1. The fraction of sp³-hybridized carbons (Fsp3) is 0.750. The molecule has 0 aromatic heterocycles. The van der Waals surface area contributed by atoms with Gasteiger partial charge in [0.1, 0.15) is 5.78 Å². The largest absolute Gasteiger partial charge is 0.469 e. The second-order valence-electron chi connectivity index (χ2n) is 6.96. The fourth-order valence-corrected chi connectivity index (χ4v) is 5.80. The molecule has 3 fully saturated rings. The number of ketones is 1. The zero-order valence-corrected chi connectivity index (χ0v) is 12.0. The fourth-order valence-electron chi connectivity index (χ4n) is 5.80. The van der Waals surface area contributed by atoms with Crippen molar-refractivity contribution in [3.05, 3.63) is 12.2 Å². The van der Waals surface area contributed by atoms with E-state index in [-0.39, 0.29) is 28.6 Å². The highest BCUT2D eigenvalue weighted by atomic mass is 16.5. The van der Waals surface area contributed by atoms with Gasteiger partial charge in [0.2, 0.25) is 0 Å². The average Bonchev–Trinajstić information content (AvgIpc) is 2.75. The zero-order chi connectivity index (χ0) is 14.0. The molecular formula is C16H22O3. The van der Waals surface area contributed by atoms with Gasteiger partial charge in [-0.15, -0.1) is 0 Å². The first-order valence-electron chi connectivity index (χ1n) is 7.13. The number of rotatable bonds is 2. The third-order valence-corrected chi connectivity index (χ3v) is 6.28. The number of hydrogen-bond donors (Lipinski definition) is 0. The van der Waals surface area contributed by atoms with Crippen molar-refractivity contribution in [3.8, 4) is 0 Å². The van der Waals surface area contributed by atoms with Gasteiger partial charge in [-0.1, -0.05) is 19.1 Å². The summed E-state index contributed by atoms with van der Waals surface area (Å²) in [6.45, 7) is 8.32. The van der Waals surface area contributed by atoms with Crippen LogP contribution in [0.15, 0.2) is 12.2 Å². The van der Waals surface area contributed by atoms with Gasteiger partial charge in [0.15, 0.2) is 0 Å². The lowest BCUT2D eigenvalue weighted by atomic mass is 9.58. The second-order valence-corrected chi connectivity index (χ2v) is 6.96. The van der Waals surface area contributed by atoms with Gasteiger partial charge in [-0.25, -0.2) is 0 Å². The molecule has 5 atom stereocenters. The lowest BCUT2D eigenvalue weighted by Crippen LogP contribution is -2.43. The molecule has 0 saturated heterocycles. The number of methoxy groups -OCH3 is 1. The minimum absolute atomic E-state index is 0.126. The van der Waals surface area contributed by atoms with Crippen LogP contribution in [0.25, 0.3) is 0 Å². The summed E-state index contributed by atoms with van der Waals surface area (Å²) in [5, 5.41) is 0. The number of Topliss-reactive ketones (excluding diaryl/α,β-unsaturated/α-hetero) is 1. The van der Waals surface area contributed by atoms with Gasteiger partial charge < -0.3 is 4.74 Å². The first kappa shape index (κ1) is 12.9. The van der Waals surface area contributed by atoms with Gasteiger partial charge in [0.25, 0.3) is 0 Å². The molecule has 0 N–H and O–H groups in total. The van der Waals surface area contributed by atoms with Crippen molar-refractivity contribution < 1.29 is 14.3 Å². The maximum Gasteiger partial charge on any atom is 0.309 e. The van der Waals surface area contributed by atoms with E-state index in [1.165, 1.54) is 7.11 Å². The normalized spacial score (nSPS) is 47.3. The van der Waals surface area contributed by atoms with Crippen LogP contribution in [0.4, 0.5) is 0 Å². The number of carbonyl (C=O) groups excluding carboxylic acids is 2. The minimum Gasteiger partial charge on any atom is -0.469 e. The molecule has 0 radical (unpaired) electrons. The molecule has 3 aliphatic carbocycles. The van der Waals surface area contributed by atoms with Crippen LogP contribution in [0, 0.1) is 28.6 Å². The van der Waals surface area contributed by atoms with Crippen LogP contribution >= 0.6 is 0 Å². The highest BCUT2D eigenvalue weighted by molar-refractivity contribution is 5.86. The van der Waals surface area contributed by atoms with Crippen molar-refractivity contribution in [1.82, 2.24) is 0 Å². The smallest absolute Gasteiger partial charge is 0.309 e. The maximum absolute atomic E-state index is 12.3. The van der Waals surface area contributed by atoms with Crippen LogP contribution in [-0.4, -0.2) is 18.9 Å². The van der Waals surface area contributed by atoms with Gasteiger partial charge in [-0.3, -0.25) is 9.59 Å². The maximum atomic E-state index is 12.3. The van der Waals surface area contributed by atoms with Crippen molar-refractivity contribution in [2.45, 2.75) is 39.5 Å². The van der Waals surface area contributed by atoms with Crippen molar-refractivity contribution >= 4 is 11.8 Å². The number of esters is 1. The van der Waals surface area contributed by atoms with Crippen LogP contribution in [0.5, 0.6) is 0 Å². The van der Waals surface area contributed by atoms with E-state index in [9.17, 15) is 9.59 Å². The Bertz CT molecular complexity index is 480. The Kier molecular flexibility index (Phi) is 2.52. The molecule has 104 valence electrons. The summed E-state index contributed by atoms with van der Waals surface area (Å²) in [4.78, 5) is 24.5. The Morgan fingerprint density at radius 3 is 2.63 bits per heavy atom. The van der Waals surface area contributed by atoms with Crippen molar-refractivity contribution in [3.63, 3.8) is 0 Å². The molecule has 3 rings (SSSR count). The van der Waals surface area contributed by atoms with E-state index in [2.05, 4.69) is 13.5 Å². The Hall–Kier alpha value is -1.12. The third kappa shape index (κ3) is 1.29. The molecule has 3 saturated carbocycles. The lowest BCUT2D eigenvalue weighted by Gasteiger charge is -2.44. The van der Waals surface area contributed by atoms with Crippen molar-refractivity contribution in [2.75, 3.05) is 7.11 Å². The minimum atomic E-state index is -0.218. The van der Waals surface area contributed by atoms with Crippen LogP contribution in [0.2, 0.25) is 0 Å². The van der Waals surface area contributed by atoms with E-state index in [1.54, 1.807) is 0 Å². The van der Waals surface area contributed by atoms with E-state index in [4.69, 9.17) is 4.74 Å². The summed E-state index contributed by atoms with van der Waals surface area (Å²) in [7, 11) is 1.46. The summed E-state index contributed by atoms with van der Waals surface area (Å²) >= 11 is 0. The molecule has 0 aromatic carbocycles. The molecule has 3 aliphatic rings. The molecule has 3 nitrogen and oxygen atoms in total. The second kappa shape index (κ2) is 3.71. The van der Waals surface area contributed by atoms with Gasteiger partial charge >= 0.3 is 5.97 Å². The van der Waals surface area contributed by atoms with E-state index in [0.29, 0.717) is 24.5 Å². The lowest BCUT2D eigenvalue weighted by molar-refractivity contribution is -0.153. The molecular weight excluding hydrogens is 240 g/mol. The SMILES string of the molecule is C=C(C)[C@@]12CC(=O)C[C@]3(C)[C@@H](C(=O)OC)[C@H]1CC[C@@H]32.